The summed E-state index contributed by atoms with van der Waals surface area (Å²) in [5, 5.41) is 2.94. The second kappa shape index (κ2) is 9.16. The molecule has 2 aromatic carbocycles. The molecule has 0 bridgehead atoms. The van der Waals surface area contributed by atoms with Gasteiger partial charge in [-0.05, 0) is 34.9 Å². The van der Waals surface area contributed by atoms with Crippen LogP contribution >= 0.6 is 0 Å². The minimum atomic E-state index is -0.631. The first-order chi connectivity index (χ1) is 13.0. The highest BCUT2D eigenvalue weighted by Gasteiger charge is 2.21. The number of carbonyl (C=O) groups is 1. The smallest absolute Gasteiger partial charge is 0.241 e. The molecule has 0 saturated carbocycles. The maximum absolute atomic E-state index is 12.3. The first kappa shape index (κ1) is 19.6. The Kier molecular flexibility index (Phi) is 6.64. The monoisotopic (exact) mass is 365 g/mol. The second-order valence-corrected chi connectivity index (χ2v) is 8.06. The van der Waals surface area contributed by atoms with Crippen LogP contribution in [-0.4, -0.2) is 23.9 Å². The summed E-state index contributed by atoms with van der Waals surface area (Å²) in [5.74, 6) is 1.40. The number of hydrogen-bond acceptors (Lipinski definition) is 3. The normalized spacial score (nSPS) is 21.6. The van der Waals surface area contributed by atoms with Crippen molar-refractivity contribution in [2.45, 2.75) is 39.4 Å². The molecule has 0 aromatic heterocycles. The maximum atomic E-state index is 12.3. The Morgan fingerprint density at radius 1 is 1.04 bits per heavy atom. The highest BCUT2D eigenvalue weighted by molar-refractivity contribution is 5.82. The topological polar surface area (TPSA) is 58.4 Å². The van der Waals surface area contributed by atoms with Gasteiger partial charge < -0.3 is 11.1 Å². The number of nitrogens with two attached hydrogens (primary N) is 1. The summed E-state index contributed by atoms with van der Waals surface area (Å²) < 4.78 is 0. The molecule has 1 saturated heterocycles. The van der Waals surface area contributed by atoms with Gasteiger partial charge in [-0.15, -0.1) is 0 Å². The summed E-state index contributed by atoms with van der Waals surface area (Å²) in [4.78, 5) is 14.8. The minimum absolute atomic E-state index is 0.151. The van der Waals surface area contributed by atoms with Crippen LogP contribution in [0.25, 0.3) is 0 Å². The molecule has 3 atom stereocenters. The van der Waals surface area contributed by atoms with Crippen LogP contribution in [-0.2, 0) is 17.9 Å². The lowest BCUT2D eigenvalue weighted by Crippen LogP contribution is -2.38. The Morgan fingerprint density at radius 3 is 2.26 bits per heavy atom. The van der Waals surface area contributed by atoms with E-state index in [2.05, 4.69) is 48.3 Å². The van der Waals surface area contributed by atoms with Gasteiger partial charge in [0.25, 0.3) is 0 Å². The van der Waals surface area contributed by atoms with Crippen LogP contribution in [0.1, 0.15) is 43.0 Å². The van der Waals surface area contributed by atoms with Gasteiger partial charge >= 0.3 is 0 Å². The molecule has 2 aromatic rings. The van der Waals surface area contributed by atoms with Gasteiger partial charge in [-0.25, -0.2) is 0 Å². The summed E-state index contributed by atoms with van der Waals surface area (Å²) in [5.41, 5.74) is 9.28. The lowest BCUT2D eigenvalue weighted by atomic mass is 9.91. The van der Waals surface area contributed by atoms with E-state index >= 15 is 0 Å². The Hall–Kier alpha value is -2.17. The molecule has 1 aliphatic heterocycles. The predicted molar refractivity (Wildman–Crippen MR) is 110 cm³/mol. The molecule has 1 amide bonds. The molecule has 4 heteroatoms. The first-order valence-electron chi connectivity index (χ1n) is 9.89. The molecule has 0 spiro atoms. The van der Waals surface area contributed by atoms with Crippen LogP contribution < -0.4 is 11.1 Å². The molecule has 3 N–H and O–H groups in total. The van der Waals surface area contributed by atoms with E-state index in [0.29, 0.717) is 6.54 Å². The molecule has 27 heavy (non-hydrogen) atoms. The van der Waals surface area contributed by atoms with E-state index in [1.165, 1.54) is 25.1 Å². The minimum Gasteiger partial charge on any atom is -0.350 e. The third kappa shape index (κ3) is 5.65. The highest BCUT2D eigenvalue weighted by atomic mass is 16.2. The largest absolute Gasteiger partial charge is 0.350 e. The number of amides is 1. The maximum Gasteiger partial charge on any atom is 0.241 e. The molecule has 144 valence electrons. The van der Waals surface area contributed by atoms with Gasteiger partial charge in [-0.2, -0.15) is 0 Å². The van der Waals surface area contributed by atoms with Crippen molar-refractivity contribution < 1.29 is 4.79 Å². The summed E-state index contributed by atoms with van der Waals surface area (Å²) in [7, 11) is 0. The molecule has 4 nitrogen and oxygen atoms in total. The third-order valence-electron chi connectivity index (χ3n) is 5.28. The summed E-state index contributed by atoms with van der Waals surface area (Å²) >= 11 is 0. The number of benzene rings is 2. The standard InChI is InChI=1S/C23H31N3O/c1-17-12-18(2)15-26(14-17)16-20-10-8-19(9-11-20)13-25-23(27)22(24)21-6-4-3-5-7-21/h3-11,17-18,22H,12-16,24H2,1-2H3,(H,25,27). The van der Waals surface area contributed by atoms with Gasteiger partial charge in [0.1, 0.15) is 6.04 Å². The van der Waals surface area contributed by atoms with Gasteiger partial charge in [0.15, 0.2) is 0 Å². The van der Waals surface area contributed by atoms with Gasteiger partial charge in [-0.1, -0.05) is 68.4 Å². The van der Waals surface area contributed by atoms with Crippen molar-refractivity contribution in [3.8, 4) is 0 Å². The molecular formula is C23H31N3O. The first-order valence-corrected chi connectivity index (χ1v) is 9.89. The van der Waals surface area contributed by atoms with Crippen molar-refractivity contribution in [1.82, 2.24) is 10.2 Å². The Bertz CT molecular complexity index is 719. The number of likely N-dealkylation sites (tertiary alicyclic amines) is 1. The van der Waals surface area contributed by atoms with Crippen molar-refractivity contribution in [3.05, 3.63) is 71.3 Å². The fourth-order valence-corrected chi connectivity index (χ4v) is 4.05. The van der Waals surface area contributed by atoms with Gasteiger partial charge in [-0.3, -0.25) is 9.69 Å². The van der Waals surface area contributed by atoms with E-state index in [1.54, 1.807) is 0 Å². The average Bonchev–Trinajstić information content (AvgIpc) is 2.66. The Labute approximate surface area is 162 Å². The molecule has 1 fully saturated rings. The molecule has 0 radical (unpaired) electrons. The number of nitrogens with one attached hydrogen (secondary N) is 1. The Morgan fingerprint density at radius 2 is 1.63 bits per heavy atom. The highest BCUT2D eigenvalue weighted by Crippen LogP contribution is 2.22. The van der Waals surface area contributed by atoms with Crippen LogP contribution in [0.3, 0.4) is 0 Å². The average molecular weight is 366 g/mol. The zero-order chi connectivity index (χ0) is 19.2. The molecule has 1 heterocycles. The molecular weight excluding hydrogens is 334 g/mol. The second-order valence-electron chi connectivity index (χ2n) is 8.06. The van der Waals surface area contributed by atoms with Crippen molar-refractivity contribution in [1.29, 1.82) is 0 Å². The predicted octanol–water partition coefficient (Wildman–Crippen LogP) is 3.48. The van der Waals surface area contributed by atoms with Crippen molar-refractivity contribution in [2.75, 3.05) is 13.1 Å². The van der Waals surface area contributed by atoms with Crippen molar-refractivity contribution in [3.63, 3.8) is 0 Å². The number of carbonyl (C=O) groups excluding carboxylic acids is 1. The number of rotatable bonds is 6. The van der Waals surface area contributed by atoms with Crippen LogP contribution in [0.2, 0.25) is 0 Å². The van der Waals surface area contributed by atoms with Crippen LogP contribution in [0.5, 0.6) is 0 Å². The van der Waals surface area contributed by atoms with E-state index in [0.717, 1.165) is 29.5 Å². The third-order valence-corrected chi connectivity index (χ3v) is 5.28. The van der Waals surface area contributed by atoms with E-state index < -0.39 is 6.04 Å². The SMILES string of the molecule is CC1CC(C)CN(Cc2ccc(CNC(=O)C(N)c3ccccc3)cc2)C1. The molecule has 0 aliphatic carbocycles. The van der Waals surface area contributed by atoms with E-state index in [-0.39, 0.29) is 5.91 Å². The zero-order valence-electron chi connectivity index (χ0n) is 16.4. The van der Waals surface area contributed by atoms with Crippen LogP contribution in [0.4, 0.5) is 0 Å². The van der Waals surface area contributed by atoms with Crippen LogP contribution in [0, 0.1) is 11.8 Å². The quantitative estimate of drug-likeness (QED) is 0.824. The van der Waals surface area contributed by atoms with E-state index in [9.17, 15) is 4.79 Å². The Balaban J connectivity index is 1.50. The lowest BCUT2D eigenvalue weighted by Gasteiger charge is -2.35. The van der Waals surface area contributed by atoms with Gasteiger partial charge in [0, 0.05) is 26.2 Å². The number of piperidine rings is 1. The summed E-state index contributed by atoms with van der Waals surface area (Å²) in [6.07, 6.45) is 1.33. The molecule has 1 aliphatic rings. The fourth-order valence-electron chi connectivity index (χ4n) is 4.05. The van der Waals surface area contributed by atoms with Crippen molar-refractivity contribution >= 4 is 5.91 Å². The summed E-state index contributed by atoms with van der Waals surface area (Å²) in [6, 6.07) is 17.4. The number of nitrogens with zero attached hydrogens (tertiary/aromatic N) is 1. The van der Waals surface area contributed by atoms with E-state index in [4.69, 9.17) is 5.73 Å². The lowest BCUT2D eigenvalue weighted by molar-refractivity contribution is -0.122. The van der Waals surface area contributed by atoms with Gasteiger partial charge in [0.2, 0.25) is 5.91 Å². The molecule has 3 rings (SSSR count). The zero-order valence-corrected chi connectivity index (χ0v) is 16.4. The van der Waals surface area contributed by atoms with Gasteiger partial charge in [0.05, 0.1) is 0 Å². The molecule has 3 unspecified atom stereocenters. The van der Waals surface area contributed by atoms with Crippen LogP contribution in [0.15, 0.2) is 54.6 Å². The summed E-state index contributed by atoms with van der Waals surface area (Å²) in [6.45, 7) is 8.54. The van der Waals surface area contributed by atoms with Crippen molar-refractivity contribution in [2.24, 2.45) is 17.6 Å². The fraction of sp³-hybridized carbons (Fsp3) is 0.435. The van der Waals surface area contributed by atoms with E-state index in [1.807, 2.05) is 30.3 Å². The number of hydrogen-bond donors (Lipinski definition) is 2.